The Labute approximate surface area is 145 Å². The van der Waals surface area contributed by atoms with E-state index in [0.29, 0.717) is 29.8 Å². The van der Waals surface area contributed by atoms with E-state index in [1.54, 1.807) is 0 Å². The lowest BCUT2D eigenvalue weighted by Crippen LogP contribution is -2.44. The summed E-state index contributed by atoms with van der Waals surface area (Å²) in [6.07, 6.45) is 3.80. The van der Waals surface area contributed by atoms with Crippen molar-refractivity contribution in [3.8, 4) is 0 Å². The summed E-state index contributed by atoms with van der Waals surface area (Å²) in [7, 11) is 2.29. The maximum absolute atomic E-state index is 5.86. The largest absolute Gasteiger partial charge is 0.361 e. The number of hydrogen-bond acceptors (Lipinski definition) is 3. The molecule has 2 aliphatic rings. The van der Waals surface area contributed by atoms with E-state index in [1.807, 2.05) is 0 Å². The first-order valence-electron chi connectivity index (χ1n) is 9.29. The van der Waals surface area contributed by atoms with Gasteiger partial charge in [0.25, 0.3) is 0 Å². The first kappa shape index (κ1) is 15.9. The van der Waals surface area contributed by atoms with Crippen LogP contribution < -0.4 is 0 Å². The van der Waals surface area contributed by atoms with Crippen LogP contribution in [0.1, 0.15) is 73.4 Å². The third kappa shape index (κ3) is 2.59. The zero-order valence-corrected chi connectivity index (χ0v) is 15.2. The molecule has 2 aromatic rings. The Morgan fingerprint density at radius 1 is 1.17 bits per heavy atom. The number of aryl methyl sites for hydroxylation is 1. The molecule has 1 aromatic carbocycles. The second-order valence-electron chi connectivity index (χ2n) is 8.05. The zero-order chi connectivity index (χ0) is 16.8. The Bertz CT molecular complexity index is 703. The van der Waals surface area contributed by atoms with Crippen LogP contribution in [0.25, 0.3) is 0 Å². The average Bonchev–Trinajstić information content (AvgIpc) is 3.12. The smallest absolute Gasteiger partial charge is 0.142 e. The molecular formula is C21H28N2O. The first-order valence-corrected chi connectivity index (χ1v) is 9.29. The average molecular weight is 324 g/mol. The van der Waals surface area contributed by atoms with E-state index in [4.69, 9.17) is 4.52 Å². The van der Waals surface area contributed by atoms with Crippen LogP contribution in [0.15, 0.2) is 34.9 Å². The third-order valence-electron chi connectivity index (χ3n) is 6.24. The molecule has 0 amide bonds. The van der Waals surface area contributed by atoms with Gasteiger partial charge in [-0.3, -0.25) is 4.90 Å². The van der Waals surface area contributed by atoms with Gasteiger partial charge in [0.1, 0.15) is 5.76 Å². The number of benzene rings is 1. The Morgan fingerprint density at radius 3 is 2.58 bits per heavy atom. The van der Waals surface area contributed by atoms with E-state index in [9.17, 15) is 0 Å². The van der Waals surface area contributed by atoms with Gasteiger partial charge in [-0.15, -0.1) is 0 Å². The van der Waals surface area contributed by atoms with Gasteiger partial charge < -0.3 is 4.52 Å². The second kappa shape index (κ2) is 6.03. The maximum atomic E-state index is 5.86. The summed E-state index contributed by atoms with van der Waals surface area (Å²) in [6.45, 7) is 6.51. The lowest BCUT2D eigenvalue weighted by molar-refractivity contribution is 0.122. The van der Waals surface area contributed by atoms with Gasteiger partial charge in [-0.2, -0.15) is 0 Å². The minimum absolute atomic E-state index is 0.413. The molecule has 0 aliphatic carbocycles. The van der Waals surface area contributed by atoms with Crippen molar-refractivity contribution >= 4 is 0 Å². The molecule has 2 aliphatic heterocycles. The summed E-state index contributed by atoms with van der Waals surface area (Å²) >= 11 is 0. The molecule has 0 saturated carbocycles. The topological polar surface area (TPSA) is 29.3 Å². The fourth-order valence-electron chi connectivity index (χ4n) is 4.74. The van der Waals surface area contributed by atoms with Crippen LogP contribution in [0.2, 0.25) is 0 Å². The van der Waals surface area contributed by atoms with E-state index in [1.165, 1.54) is 30.4 Å². The predicted molar refractivity (Wildman–Crippen MR) is 96.4 cm³/mol. The van der Waals surface area contributed by atoms with Gasteiger partial charge in [-0.1, -0.05) is 48.8 Å². The van der Waals surface area contributed by atoms with Crippen molar-refractivity contribution < 1.29 is 4.52 Å². The SMILES string of the molecule is Cc1ccc([C@H]2C[C@H]3CCC([C@H]2c2cc(C(C)C)no2)N3C)cc1. The second-order valence-corrected chi connectivity index (χ2v) is 8.05. The van der Waals surface area contributed by atoms with Gasteiger partial charge in [0, 0.05) is 24.1 Å². The molecule has 2 fully saturated rings. The zero-order valence-electron chi connectivity index (χ0n) is 15.2. The Morgan fingerprint density at radius 2 is 1.92 bits per heavy atom. The van der Waals surface area contributed by atoms with Crippen LogP contribution in [-0.2, 0) is 0 Å². The van der Waals surface area contributed by atoms with Crippen LogP contribution in [0.5, 0.6) is 0 Å². The van der Waals surface area contributed by atoms with E-state index in [2.05, 4.69) is 68.2 Å². The maximum Gasteiger partial charge on any atom is 0.142 e. The van der Waals surface area contributed by atoms with Crippen molar-refractivity contribution in [3.63, 3.8) is 0 Å². The number of likely N-dealkylation sites (N-methyl/N-ethyl adjacent to an activating group) is 1. The van der Waals surface area contributed by atoms with Gasteiger partial charge >= 0.3 is 0 Å². The summed E-state index contributed by atoms with van der Waals surface area (Å²) in [6, 6.07) is 12.6. The lowest BCUT2D eigenvalue weighted by Gasteiger charge is -2.42. The van der Waals surface area contributed by atoms with Crippen molar-refractivity contribution in [1.82, 2.24) is 10.1 Å². The van der Waals surface area contributed by atoms with Crippen LogP contribution in [0.4, 0.5) is 0 Å². The van der Waals surface area contributed by atoms with E-state index in [0.717, 1.165) is 11.5 Å². The Balaban J connectivity index is 1.74. The summed E-state index contributed by atoms with van der Waals surface area (Å²) in [5, 5.41) is 4.35. The normalized spacial score (nSPS) is 30.2. The standard InChI is InChI=1S/C21H28N2O/c1-13(2)18-12-20(24-22-18)21-17(15-7-5-14(3)6-8-15)11-16-9-10-19(21)23(16)4/h5-8,12-13,16-17,19,21H,9-11H2,1-4H3/t16-,17-,19?,21+/m1/s1. The van der Waals surface area contributed by atoms with Crippen LogP contribution in [0, 0.1) is 6.92 Å². The highest BCUT2D eigenvalue weighted by Crippen LogP contribution is 2.51. The molecular weight excluding hydrogens is 296 g/mol. The quantitative estimate of drug-likeness (QED) is 0.809. The van der Waals surface area contributed by atoms with Crippen molar-refractivity contribution in [2.45, 2.75) is 69.9 Å². The fraction of sp³-hybridized carbons (Fsp3) is 0.571. The molecule has 0 radical (unpaired) electrons. The molecule has 3 heteroatoms. The number of fused-ring (bicyclic) bond motifs is 2. The number of piperidine rings is 1. The van der Waals surface area contributed by atoms with Crippen molar-refractivity contribution in [2.24, 2.45) is 0 Å². The van der Waals surface area contributed by atoms with Gasteiger partial charge in [-0.05, 0) is 50.6 Å². The minimum atomic E-state index is 0.413. The molecule has 128 valence electrons. The minimum Gasteiger partial charge on any atom is -0.361 e. The molecule has 2 saturated heterocycles. The van der Waals surface area contributed by atoms with Crippen molar-refractivity contribution in [1.29, 1.82) is 0 Å². The Kier molecular flexibility index (Phi) is 4.00. The van der Waals surface area contributed by atoms with E-state index < -0.39 is 0 Å². The summed E-state index contributed by atoms with van der Waals surface area (Å²) in [5.41, 5.74) is 3.86. The summed E-state index contributed by atoms with van der Waals surface area (Å²) in [5.74, 6) is 2.45. The van der Waals surface area contributed by atoms with Gasteiger partial charge in [-0.25, -0.2) is 0 Å². The highest BCUT2D eigenvalue weighted by atomic mass is 16.5. The molecule has 24 heavy (non-hydrogen) atoms. The van der Waals surface area contributed by atoms with Crippen LogP contribution in [0.3, 0.4) is 0 Å². The van der Waals surface area contributed by atoms with E-state index >= 15 is 0 Å². The van der Waals surface area contributed by atoms with Gasteiger partial charge in [0.2, 0.25) is 0 Å². The molecule has 1 aromatic heterocycles. The summed E-state index contributed by atoms with van der Waals surface area (Å²) in [4.78, 5) is 2.59. The van der Waals surface area contributed by atoms with Gasteiger partial charge in [0.15, 0.2) is 0 Å². The lowest BCUT2D eigenvalue weighted by atomic mass is 9.74. The molecule has 2 bridgehead atoms. The van der Waals surface area contributed by atoms with Crippen LogP contribution in [-0.4, -0.2) is 29.2 Å². The van der Waals surface area contributed by atoms with Crippen molar-refractivity contribution in [2.75, 3.05) is 7.05 Å². The number of nitrogens with zero attached hydrogens (tertiary/aromatic N) is 2. The molecule has 0 spiro atoms. The molecule has 3 heterocycles. The molecule has 1 unspecified atom stereocenters. The first-order chi connectivity index (χ1) is 11.5. The fourth-order valence-corrected chi connectivity index (χ4v) is 4.74. The van der Waals surface area contributed by atoms with Gasteiger partial charge in [0.05, 0.1) is 5.69 Å². The molecule has 4 rings (SSSR count). The highest BCUT2D eigenvalue weighted by molar-refractivity contribution is 5.31. The molecule has 4 atom stereocenters. The van der Waals surface area contributed by atoms with E-state index in [-0.39, 0.29) is 0 Å². The summed E-state index contributed by atoms with van der Waals surface area (Å²) < 4.78 is 5.86. The number of rotatable bonds is 3. The third-order valence-corrected chi connectivity index (χ3v) is 6.24. The van der Waals surface area contributed by atoms with Crippen molar-refractivity contribution in [3.05, 3.63) is 52.9 Å². The number of aromatic nitrogens is 1. The van der Waals surface area contributed by atoms with Crippen LogP contribution >= 0.6 is 0 Å². The monoisotopic (exact) mass is 324 g/mol. The molecule has 3 nitrogen and oxygen atoms in total. The number of hydrogen-bond donors (Lipinski definition) is 0. The molecule has 0 N–H and O–H groups in total. The highest BCUT2D eigenvalue weighted by Gasteiger charge is 2.48. The predicted octanol–water partition coefficient (Wildman–Crippen LogP) is 4.84. The Hall–Kier alpha value is -1.61.